The molecule has 28 heavy (non-hydrogen) atoms. The van der Waals surface area contributed by atoms with E-state index in [1.54, 1.807) is 0 Å². The third-order valence-electron chi connectivity index (χ3n) is 4.57. The van der Waals surface area contributed by atoms with Crippen LogP contribution in [-0.4, -0.2) is 40.8 Å². The Bertz CT molecular complexity index is 1200. The van der Waals surface area contributed by atoms with Crippen LogP contribution in [0.5, 0.6) is 0 Å². The van der Waals surface area contributed by atoms with Crippen molar-refractivity contribution >= 4 is 23.3 Å². The summed E-state index contributed by atoms with van der Waals surface area (Å²) in [7, 11) is 0. The van der Waals surface area contributed by atoms with Crippen molar-refractivity contribution < 1.29 is 9.32 Å². The lowest BCUT2D eigenvalue weighted by atomic mass is 10.2. The summed E-state index contributed by atoms with van der Waals surface area (Å²) in [5.74, 6) is 2.24. The molecule has 0 aliphatic heterocycles. The zero-order valence-electron chi connectivity index (χ0n) is 16.3. The molecule has 0 aliphatic rings. The van der Waals surface area contributed by atoms with E-state index < -0.39 is 0 Å². The summed E-state index contributed by atoms with van der Waals surface area (Å²) >= 11 is 1.36. The summed E-state index contributed by atoms with van der Waals surface area (Å²) in [6, 6.07) is 5.71. The van der Waals surface area contributed by atoms with Gasteiger partial charge < -0.3 is 4.52 Å². The van der Waals surface area contributed by atoms with Crippen molar-refractivity contribution in [3.05, 3.63) is 52.3 Å². The number of carbonyl (C=O) groups is 1. The van der Waals surface area contributed by atoms with Gasteiger partial charge in [0.1, 0.15) is 5.76 Å². The van der Waals surface area contributed by atoms with Crippen LogP contribution in [0, 0.1) is 34.6 Å². The largest absolute Gasteiger partial charge is 0.360 e. The molecule has 8 nitrogen and oxygen atoms in total. The topological polar surface area (TPSA) is 91.1 Å². The van der Waals surface area contributed by atoms with Crippen LogP contribution in [0.15, 0.2) is 27.9 Å². The molecule has 0 aromatic carbocycles. The first-order valence-electron chi connectivity index (χ1n) is 8.83. The minimum Gasteiger partial charge on any atom is -0.360 e. The maximum atomic E-state index is 12.9. The van der Waals surface area contributed by atoms with E-state index in [-0.39, 0.29) is 11.5 Å². The van der Waals surface area contributed by atoms with Gasteiger partial charge in [-0.1, -0.05) is 16.9 Å². The van der Waals surface area contributed by atoms with Gasteiger partial charge >= 0.3 is 0 Å². The number of aromatic nitrogens is 6. The van der Waals surface area contributed by atoms with Crippen LogP contribution < -0.4 is 0 Å². The molecule has 0 saturated carbocycles. The summed E-state index contributed by atoms with van der Waals surface area (Å²) < 4.78 is 8.97. The molecule has 0 bridgehead atoms. The first kappa shape index (κ1) is 18.4. The minimum atomic E-state index is 0.0269. The van der Waals surface area contributed by atoms with E-state index in [9.17, 15) is 4.79 Å². The standard InChI is InChI=1S/C19H20N6O2S/c1-10-6-11(2)25-18(20-10)21-22-19(25)28-9-16(26)15-7-12(3)24(14(15)5)17-8-13(4)27-23-17/h6-8H,9H2,1-5H3. The summed E-state index contributed by atoms with van der Waals surface area (Å²) in [5.41, 5.74) is 4.33. The second kappa shape index (κ2) is 6.90. The molecule has 4 aromatic rings. The highest BCUT2D eigenvalue weighted by Gasteiger charge is 2.20. The fourth-order valence-corrected chi connectivity index (χ4v) is 4.23. The maximum Gasteiger partial charge on any atom is 0.256 e. The molecule has 0 spiro atoms. The highest BCUT2D eigenvalue weighted by atomic mass is 32.2. The number of thioether (sulfide) groups is 1. The van der Waals surface area contributed by atoms with Gasteiger partial charge in [0.25, 0.3) is 5.78 Å². The zero-order valence-corrected chi connectivity index (χ0v) is 17.2. The van der Waals surface area contributed by atoms with Gasteiger partial charge in [-0.25, -0.2) is 4.98 Å². The smallest absolute Gasteiger partial charge is 0.256 e. The molecule has 4 aromatic heterocycles. The second-order valence-corrected chi connectivity index (χ2v) is 7.73. The lowest BCUT2D eigenvalue weighted by molar-refractivity contribution is 0.102. The lowest BCUT2D eigenvalue weighted by Crippen LogP contribution is -2.06. The Hall–Kier alpha value is -2.94. The van der Waals surface area contributed by atoms with Crippen LogP contribution >= 0.6 is 11.8 Å². The zero-order chi connectivity index (χ0) is 20.0. The Morgan fingerprint density at radius 1 is 1.07 bits per heavy atom. The molecule has 4 rings (SSSR count). The van der Waals surface area contributed by atoms with Crippen LogP contribution in [0.1, 0.15) is 38.9 Å². The van der Waals surface area contributed by atoms with Crippen LogP contribution in [0.4, 0.5) is 0 Å². The Labute approximate surface area is 166 Å². The number of fused-ring (bicyclic) bond motifs is 1. The number of Topliss-reactive ketones (excluding diaryl/α,β-unsaturated/α-hetero) is 1. The fraction of sp³-hybridized carbons (Fsp3) is 0.316. The average molecular weight is 396 g/mol. The molecular formula is C19H20N6O2S. The van der Waals surface area contributed by atoms with Crippen molar-refractivity contribution in [3.8, 4) is 5.82 Å². The third-order valence-corrected chi connectivity index (χ3v) is 5.50. The van der Waals surface area contributed by atoms with E-state index in [2.05, 4.69) is 20.3 Å². The predicted molar refractivity (Wildman–Crippen MR) is 105 cm³/mol. The monoisotopic (exact) mass is 396 g/mol. The number of carbonyl (C=O) groups excluding carboxylic acids is 1. The normalized spacial score (nSPS) is 11.5. The van der Waals surface area contributed by atoms with Gasteiger partial charge in [-0.3, -0.25) is 13.8 Å². The Morgan fingerprint density at radius 3 is 2.57 bits per heavy atom. The van der Waals surface area contributed by atoms with Gasteiger partial charge in [-0.05, 0) is 46.8 Å². The van der Waals surface area contributed by atoms with E-state index in [1.807, 2.05) is 61.8 Å². The minimum absolute atomic E-state index is 0.0269. The molecule has 0 atom stereocenters. The van der Waals surface area contributed by atoms with Crippen molar-refractivity contribution in [1.29, 1.82) is 0 Å². The van der Waals surface area contributed by atoms with E-state index in [4.69, 9.17) is 4.52 Å². The molecule has 0 aliphatic carbocycles. The Kier molecular flexibility index (Phi) is 4.54. The summed E-state index contributed by atoms with van der Waals surface area (Å²) in [6.07, 6.45) is 0. The number of hydrogen-bond donors (Lipinski definition) is 0. The number of aryl methyl sites for hydroxylation is 4. The quantitative estimate of drug-likeness (QED) is 0.377. The molecule has 0 fully saturated rings. The molecule has 0 unspecified atom stereocenters. The Balaban J connectivity index is 1.59. The van der Waals surface area contributed by atoms with Gasteiger partial charge in [0.15, 0.2) is 16.8 Å². The molecule has 0 amide bonds. The third kappa shape index (κ3) is 3.11. The van der Waals surface area contributed by atoms with Crippen molar-refractivity contribution in [1.82, 2.24) is 29.3 Å². The highest BCUT2D eigenvalue weighted by molar-refractivity contribution is 7.99. The van der Waals surface area contributed by atoms with E-state index in [1.165, 1.54) is 11.8 Å². The van der Waals surface area contributed by atoms with Crippen LogP contribution in [0.2, 0.25) is 0 Å². The average Bonchev–Trinajstić information content (AvgIpc) is 3.30. The number of hydrogen-bond acceptors (Lipinski definition) is 7. The number of rotatable bonds is 5. The van der Waals surface area contributed by atoms with Gasteiger partial charge in [0, 0.05) is 34.4 Å². The SMILES string of the molecule is Cc1cc(C)n2c(SCC(=O)c3cc(C)n(-c4cc(C)on4)c3C)nnc2n1. The van der Waals surface area contributed by atoms with Crippen molar-refractivity contribution in [2.75, 3.05) is 5.75 Å². The first-order chi connectivity index (χ1) is 13.3. The van der Waals surface area contributed by atoms with Crippen molar-refractivity contribution in [2.45, 2.75) is 39.8 Å². The van der Waals surface area contributed by atoms with E-state index >= 15 is 0 Å². The van der Waals surface area contributed by atoms with Crippen molar-refractivity contribution in [3.63, 3.8) is 0 Å². The fourth-order valence-electron chi connectivity index (χ4n) is 3.36. The van der Waals surface area contributed by atoms with Crippen LogP contribution in [-0.2, 0) is 0 Å². The first-order valence-corrected chi connectivity index (χ1v) is 9.81. The number of ketones is 1. The molecule has 144 valence electrons. The molecular weight excluding hydrogens is 376 g/mol. The van der Waals surface area contributed by atoms with Gasteiger partial charge in [-0.2, -0.15) is 0 Å². The predicted octanol–water partition coefficient (Wildman–Crippen LogP) is 3.42. The van der Waals surface area contributed by atoms with Gasteiger partial charge in [0.2, 0.25) is 0 Å². The molecule has 9 heteroatoms. The number of nitrogens with zero attached hydrogens (tertiary/aromatic N) is 6. The van der Waals surface area contributed by atoms with Crippen LogP contribution in [0.3, 0.4) is 0 Å². The second-order valence-electron chi connectivity index (χ2n) is 6.78. The van der Waals surface area contributed by atoms with Gasteiger partial charge in [0.05, 0.1) is 5.75 Å². The summed E-state index contributed by atoms with van der Waals surface area (Å²) in [6.45, 7) is 9.60. The molecule has 0 radical (unpaired) electrons. The summed E-state index contributed by atoms with van der Waals surface area (Å²) in [5, 5.41) is 13.0. The summed E-state index contributed by atoms with van der Waals surface area (Å²) in [4.78, 5) is 17.3. The van der Waals surface area contributed by atoms with E-state index in [0.29, 0.717) is 22.3 Å². The lowest BCUT2D eigenvalue weighted by Gasteiger charge is -2.05. The Morgan fingerprint density at radius 2 is 1.86 bits per heavy atom. The van der Waals surface area contributed by atoms with E-state index in [0.717, 1.165) is 28.5 Å². The molecule has 4 heterocycles. The van der Waals surface area contributed by atoms with Crippen LogP contribution in [0.25, 0.3) is 11.6 Å². The highest BCUT2D eigenvalue weighted by Crippen LogP contribution is 2.24. The maximum absolute atomic E-state index is 12.9. The molecule has 0 saturated heterocycles. The van der Waals surface area contributed by atoms with Crippen molar-refractivity contribution in [2.24, 2.45) is 0 Å². The molecule has 0 N–H and O–H groups in total. The van der Waals surface area contributed by atoms with Gasteiger partial charge in [-0.15, -0.1) is 10.2 Å².